The van der Waals surface area contributed by atoms with Crippen LogP contribution < -0.4 is 10.2 Å². The second-order valence-electron chi connectivity index (χ2n) is 3.98. The molecule has 18 heavy (non-hydrogen) atoms. The van der Waals surface area contributed by atoms with Gasteiger partial charge in [-0.25, -0.2) is 4.39 Å². The molecule has 1 aliphatic heterocycles. The summed E-state index contributed by atoms with van der Waals surface area (Å²) in [7, 11) is 0. The van der Waals surface area contributed by atoms with Gasteiger partial charge in [0.1, 0.15) is 0 Å². The fraction of sp³-hybridized carbons (Fsp3) is 0.455. The number of nitro benzene ring substituents is 1. The summed E-state index contributed by atoms with van der Waals surface area (Å²) in [5, 5.41) is 13.7. The molecule has 1 heterocycles. The summed E-state index contributed by atoms with van der Waals surface area (Å²) in [5.74, 6) is -0.527. The van der Waals surface area contributed by atoms with Gasteiger partial charge in [0.25, 0.3) is 5.69 Å². The molecule has 1 N–H and O–H groups in total. The normalized spacial score (nSPS) is 15.7. The highest BCUT2D eigenvalue weighted by Crippen LogP contribution is 2.24. The molecule has 2 rings (SSSR count). The van der Waals surface area contributed by atoms with Crippen molar-refractivity contribution in [2.75, 3.05) is 31.1 Å². The van der Waals surface area contributed by atoms with Gasteiger partial charge in [-0.1, -0.05) is 0 Å². The van der Waals surface area contributed by atoms with Crippen LogP contribution in [0.2, 0.25) is 0 Å². The molecule has 7 heteroatoms. The first-order chi connectivity index (χ1) is 8.18. The van der Waals surface area contributed by atoms with Gasteiger partial charge >= 0.3 is 0 Å². The molecule has 0 aliphatic carbocycles. The molecule has 0 spiro atoms. The SMILES string of the molecule is Cl.O=[N+]([O-])c1ccc(N2CCCNCC2)c(F)c1. The number of hydrogen-bond donors (Lipinski definition) is 1. The second-order valence-corrected chi connectivity index (χ2v) is 3.98. The van der Waals surface area contributed by atoms with Gasteiger partial charge in [0.2, 0.25) is 0 Å². The van der Waals surface area contributed by atoms with Gasteiger partial charge in [0.05, 0.1) is 16.7 Å². The molecule has 1 aliphatic rings. The van der Waals surface area contributed by atoms with Crippen LogP contribution >= 0.6 is 12.4 Å². The summed E-state index contributed by atoms with van der Waals surface area (Å²) in [6.07, 6.45) is 0.941. The quantitative estimate of drug-likeness (QED) is 0.662. The maximum absolute atomic E-state index is 13.8. The first kappa shape index (κ1) is 14.7. The largest absolute Gasteiger partial charge is 0.368 e. The molecule has 0 bridgehead atoms. The summed E-state index contributed by atoms with van der Waals surface area (Å²) in [6.45, 7) is 3.21. The maximum Gasteiger partial charge on any atom is 0.272 e. The lowest BCUT2D eigenvalue weighted by molar-refractivity contribution is -0.385. The minimum absolute atomic E-state index is 0. The highest BCUT2D eigenvalue weighted by atomic mass is 35.5. The predicted octanol–water partition coefficient (Wildman–Crippen LogP) is 1.96. The number of anilines is 1. The van der Waals surface area contributed by atoms with Gasteiger partial charge in [0.15, 0.2) is 5.82 Å². The Balaban J connectivity index is 0.00000162. The van der Waals surface area contributed by atoms with Gasteiger partial charge < -0.3 is 10.2 Å². The molecule has 1 aromatic carbocycles. The Hall–Kier alpha value is -1.40. The van der Waals surface area contributed by atoms with Crippen molar-refractivity contribution in [3.63, 3.8) is 0 Å². The average Bonchev–Trinajstić information content (AvgIpc) is 2.57. The van der Waals surface area contributed by atoms with Crippen LogP contribution in [0.4, 0.5) is 15.8 Å². The molecule has 0 unspecified atom stereocenters. The van der Waals surface area contributed by atoms with Crippen LogP contribution in [0.25, 0.3) is 0 Å². The molecule has 1 saturated heterocycles. The molecule has 0 amide bonds. The van der Waals surface area contributed by atoms with E-state index in [0.717, 1.165) is 32.1 Å². The predicted molar refractivity (Wildman–Crippen MR) is 70.0 cm³/mol. The second kappa shape index (κ2) is 6.51. The lowest BCUT2D eigenvalue weighted by atomic mass is 10.2. The van der Waals surface area contributed by atoms with Crippen LogP contribution in [-0.2, 0) is 0 Å². The molecule has 0 aromatic heterocycles. The summed E-state index contributed by atoms with van der Waals surface area (Å²) in [5.41, 5.74) is 0.235. The molecule has 100 valence electrons. The van der Waals surface area contributed by atoms with Crippen molar-refractivity contribution in [2.45, 2.75) is 6.42 Å². The highest BCUT2D eigenvalue weighted by Gasteiger charge is 2.16. The van der Waals surface area contributed by atoms with Crippen LogP contribution in [0.3, 0.4) is 0 Å². The van der Waals surface area contributed by atoms with E-state index in [9.17, 15) is 14.5 Å². The Labute approximate surface area is 111 Å². The molecule has 0 radical (unpaired) electrons. The first-order valence-corrected chi connectivity index (χ1v) is 5.58. The molecule has 1 fully saturated rings. The molecule has 0 saturated carbocycles. The third-order valence-corrected chi connectivity index (χ3v) is 2.82. The van der Waals surface area contributed by atoms with Gasteiger partial charge in [0, 0.05) is 25.7 Å². The number of halogens is 2. The highest BCUT2D eigenvalue weighted by molar-refractivity contribution is 5.85. The summed E-state index contributed by atoms with van der Waals surface area (Å²) >= 11 is 0. The van der Waals surface area contributed by atoms with Gasteiger partial charge in [-0.2, -0.15) is 0 Å². The zero-order chi connectivity index (χ0) is 12.3. The number of rotatable bonds is 2. The Kier molecular flexibility index (Phi) is 5.30. The third kappa shape index (κ3) is 3.30. The van der Waals surface area contributed by atoms with Crippen molar-refractivity contribution in [1.29, 1.82) is 0 Å². The molecular weight excluding hydrogens is 261 g/mol. The maximum atomic E-state index is 13.8. The zero-order valence-electron chi connectivity index (χ0n) is 9.76. The Morgan fingerprint density at radius 2 is 2.11 bits per heavy atom. The number of hydrogen-bond acceptors (Lipinski definition) is 4. The van der Waals surface area contributed by atoms with Crippen LogP contribution in [0.15, 0.2) is 18.2 Å². The standard InChI is InChI=1S/C11H14FN3O2.ClH/c12-10-8-9(15(16)17)2-3-11(10)14-6-1-4-13-5-7-14;/h2-3,8,13H,1,4-7H2;1H. The van der Waals surface area contributed by atoms with Crippen molar-refractivity contribution >= 4 is 23.8 Å². The fourth-order valence-corrected chi connectivity index (χ4v) is 1.95. The summed E-state index contributed by atoms with van der Waals surface area (Å²) in [4.78, 5) is 11.8. The van der Waals surface area contributed by atoms with E-state index >= 15 is 0 Å². The van der Waals surface area contributed by atoms with Gasteiger partial charge in [-0.15, -0.1) is 12.4 Å². The van der Waals surface area contributed by atoms with E-state index in [0.29, 0.717) is 12.2 Å². The Morgan fingerprint density at radius 1 is 1.33 bits per heavy atom. The Bertz CT molecular complexity index is 423. The average molecular weight is 276 g/mol. The Morgan fingerprint density at radius 3 is 2.78 bits per heavy atom. The first-order valence-electron chi connectivity index (χ1n) is 5.58. The van der Waals surface area contributed by atoms with Crippen molar-refractivity contribution in [3.8, 4) is 0 Å². The molecule has 0 atom stereocenters. The summed E-state index contributed by atoms with van der Waals surface area (Å²) < 4.78 is 13.8. The molecule has 5 nitrogen and oxygen atoms in total. The molecular formula is C11H15ClFN3O2. The lowest BCUT2D eigenvalue weighted by Crippen LogP contribution is -2.28. The van der Waals surface area contributed by atoms with Gasteiger partial charge in [-0.05, 0) is 19.0 Å². The van der Waals surface area contributed by atoms with Crippen LogP contribution in [0.1, 0.15) is 6.42 Å². The minimum atomic E-state index is -0.586. The van der Waals surface area contributed by atoms with E-state index < -0.39 is 10.7 Å². The number of nitro groups is 1. The third-order valence-electron chi connectivity index (χ3n) is 2.82. The van der Waals surface area contributed by atoms with E-state index in [2.05, 4.69) is 5.32 Å². The van der Waals surface area contributed by atoms with Crippen LogP contribution in [-0.4, -0.2) is 31.1 Å². The van der Waals surface area contributed by atoms with E-state index in [1.807, 2.05) is 4.90 Å². The number of nitrogens with one attached hydrogen (secondary N) is 1. The zero-order valence-corrected chi connectivity index (χ0v) is 10.6. The fourth-order valence-electron chi connectivity index (χ4n) is 1.95. The van der Waals surface area contributed by atoms with Crippen molar-refractivity contribution in [3.05, 3.63) is 34.1 Å². The smallest absolute Gasteiger partial charge is 0.272 e. The van der Waals surface area contributed by atoms with Gasteiger partial charge in [-0.3, -0.25) is 10.1 Å². The lowest BCUT2D eigenvalue weighted by Gasteiger charge is -2.22. The van der Waals surface area contributed by atoms with E-state index in [1.54, 1.807) is 0 Å². The summed E-state index contributed by atoms with van der Waals surface area (Å²) in [6, 6.07) is 3.81. The minimum Gasteiger partial charge on any atom is -0.368 e. The number of nitrogens with zero attached hydrogens (tertiary/aromatic N) is 2. The number of benzene rings is 1. The monoisotopic (exact) mass is 275 g/mol. The van der Waals surface area contributed by atoms with Crippen molar-refractivity contribution in [1.82, 2.24) is 5.32 Å². The van der Waals surface area contributed by atoms with E-state index in [1.165, 1.54) is 12.1 Å². The van der Waals surface area contributed by atoms with E-state index in [-0.39, 0.29) is 18.1 Å². The van der Waals surface area contributed by atoms with E-state index in [4.69, 9.17) is 0 Å². The number of non-ortho nitro benzene ring substituents is 1. The topological polar surface area (TPSA) is 58.4 Å². The molecule has 1 aromatic rings. The van der Waals surface area contributed by atoms with Crippen LogP contribution in [0.5, 0.6) is 0 Å². The van der Waals surface area contributed by atoms with Crippen molar-refractivity contribution < 1.29 is 9.31 Å². The van der Waals surface area contributed by atoms with Crippen LogP contribution in [0, 0.1) is 15.9 Å². The van der Waals surface area contributed by atoms with Crippen molar-refractivity contribution in [2.24, 2.45) is 0 Å².